The number of amides is 1. The van der Waals surface area contributed by atoms with Gasteiger partial charge in [-0.15, -0.1) is 8.78 Å². The zero-order valence-electron chi connectivity index (χ0n) is 11.0. The summed E-state index contributed by atoms with van der Waals surface area (Å²) >= 11 is 0. The van der Waals surface area contributed by atoms with Gasteiger partial charge in [-0.1, -0.05) is 0 Å². The van der Waals surface area contributed by atoms with Gasteiger partial charge in [0, 0.05) is 17.1 Å². The molecule has 0 spiro atoms. The number of hydrogen-bond acceptors (Lipinski definition) is 3. The third-order valence-electron chi connectivity index (χ3n) is 4.01. The molecule has 0 atom stereocenters. The first-order chi connectivity index (χ1) is 9.96. The summed E-state index contributed by atoms with van der Waals surface area (Å²) in [6, 6.07) is 2.29. The number of nitrogens with two attached hydrogens (primary N) is 1. The van der Waals surface area contributed by atoms with Crippen molar-refractivity contribution < 1.29 is 23.0 Å². The Morgan fingerprint density at radius 1 is 1.19 bits per heavy atom. The van der Waals surface area contributed by atoms with Crippen LogP contribution in [0.2, 0.25) is 0 Å². The zero-order valence-corrected chi connectivity index (χ0v) is 11.0. The number of aromatic nitrogens is 1. The number of nitrogens with zero attached hydrogens (tertiary/aromatic N) is 1. The summed E-state index contributed by atoms with van der Waals surface area (Å²) in [5.41, 5.74) is 7.79. The number of halogens is 2. The number of carbonyl (C=O) groups excluding carboxylic acids is 1. The van der Waals surface area contributed by atoms with E-state index in [-0.39, 0.29) is 11.5 Å². The van der Waals surface area contributed by atoms with E-state index < -0.39 is 12.3 Å². The lowest BCUT2D eigenvalue weighted by molar-refractivity contribution is -0.286. The van der Waals surface area contributed by atoms with Crippen molar-refractivity contribution in [2.75, 3.05) is 0 Å². The number of primary amides is 1. The molecule has 1 aliphatic heterocycles. The molecule has 1 aromatic heterocycles. The van der Waals surface area contributed by atoms with E-state index in [1.807, 2.05) is 0 Å². The van der Waals surface area contributed by atoms with Crippen molar-refractivity contribution in [1.82, 2.24) is 4.57 Å². The average Bonchev–Trinajstić information content (AvgIpc) is 2.87. The van der Waals surface area contributed by atoms with E-state index in [1.54, 1.807) is 0 Å². The quantitative estimate of drug-likeness (QED) is 0.812. The number of ether oxygens (including phenoxy) is 2. The average molecular weight is 294 g/mol. The van der Waals surface area contributed by atoms with Gasteiger partial charge in [-0.2, -0.15) is 0 Å². The number of benzene rings is 1. The minimum Gasteiger partial charge on any atom is -0.395 e. The van der Waals surface area contributed by atoms with E-state index in [0.717, 1.165) is 42.3 Å². The van der Waals surface area contributed by atoms with E-state index in [4.69, 9.17) is 5.73 Å². The molecule has 1 amide bonds. The highest BCUT2D eigenvalue weighted by Crippen LogP contribution is 2.45. The lowest BCUT2D eigenvalue weighted by Crippen LogP contribution is -2.26. The molecular weight excluding hydrogens is 282 g/mol. The molecule has 0 fully saturated rings. The van der Waals surface area contributed by atoms with E-state index in [1.165, 1.54) is 16.7 Å². The lowest BCUT2D eigenvalue weighted by Gasteiger charge is -2.13. The molecule has 0 saturated heterocycles. The highest BCUT2D eigenvalue weighted by atomic mass is 19.3. The molecule has 2 heterocycles. The smallest absolute Gasteiger partial charge is 0.395 e. The van der Waals surface area contributed by atoms with Gasteiger partial charge in [0.1, 0.15) is 0 Å². The molecule has 0 saturated carbocycles. The molecular formula is C14H12F2N2O3. The second kappa shape index (κ2) is 3.87. The highest BCUT2D eigenvalue weighted by molar-refractivity contribution is 5.97. The van der Waals surface area contributed by atoms with Crippen LogP contribution < -0.4 is 15.2 Å². The number of aryl methyl sites for hydroxylation is 1. The SMILES string of the molecule is NC(=O)n1c2c(c3cc4c(cc31)OC(F)(F)O4)CCCC2. The van der Waals surface area contributed by atoms with Crippen molar-refractivity contribution in [3.8, 4) is 11.5 Å². The Bertz CT molecular complexity index is 782. The van der Waals surface area contributed by atoms with Crippen LogP contribution in [0.25, 0.3) is 10.9 Å². The Morgan fingerprint density at radius 2 is 1.86 bits per heavy atom. The third-order valence-corrected chi connectivity index (χ3v) is 4.01. The number of hydrogen-bond donors (Lipinski definition) is 1. The molecule has 2 N–H and O–H groups in total. The van der Waals surface area contributed by atoms with Gasteiger partial charge in [-0.05, 0) is 37.3 Å². The van der Waals surface area contributed by atoms with Crippen LogP contribution in [0.3, 0.4) is 0 Å². The van der Waals surface area contributed by atoms with Gasteiger partial charge in [0.25, 0.3) is 0 Å². The van der Waals surface area contributed by atoms with Gasteiger partial charge >= 0.3 is 12.3 Å². The molecule has 0 radical (unpaired) electrons. The molecule has 7 heteroatoms. The van der Waals surface area contributed by atoms with Crippen LogP contribution in [0.5, 0.6) is 11.5 Å². The maximum Gasteiger partial charge on any atom is 0.586 e. The first-order valence-corrected chi connectivity index (χ1v) is 6.72. The Balaban J connectivity index is 2.02. The van der Waals surface area contributed by atoms with E-state index >= 15 is 0 Å². The van der Waals surface area contributed by atoms with E-state index in [0.29, 0.717) is 5.52 Å². The minimum atomic E-state index is -3.67. The Morgan fingerprint density at radius 3 is 2.57 bits per heavy atom. The maximum absolute atomic E-state index is 13.1. The summed E-state index contributed by atoms with van der Waals surface area (Å²) in [4.78, 5) is 11.7. The van der Waals surface area contributed by atoms with Gasteiger partial charge in [0.15, 0.2) is 11.5 Å². The van der Waals surface area contributed by atoms with Crippen LogP contribution >= 0.6 is 0 Å². The fraction of sp³-hybridized carbons (Fsp3) is 0.357. The van der Waals surface area contributed by atoms with Crippen molar-refractivity contribution in [2.24, 2.45) is 5.73 Å². The van der Waals surface area contributed by atoms with Crippen LogP contribution in [-0.2, 0) is 12.8 Å². The predicted octanol–water partition coefficient (Wildman–Crippen LogP) is 2.77. The Hall–Kier alpha value is -2.31. The van der Waals surface area contributed by atoms with Crippen LogP contribution in [0, 0.1) is 0 Å². The monoisotopic (exact) mass is 294 g/mol. The molecule has 4 rings (SSSR count). The minimum absolute atomic E-state index is 0.0116. The van der Waals surface area contributed by atoms with Gasteiger partial charge < -0.3 is 15.2 Å². The second-order valence-electron chi connectivity index (χ2n) is 5.29. The number of fused-ring (bicyclic) bond motifs is 4. The van der Waals surface area contributed by atoms with Gasteiger partial charge in [-0.3, -0.25) is 4.57 Å². The molecule has 1 aromatic carbocycles. The van der Waals surface area contributed by atoms with Crippen LogP contribution in [-0.4, -0.2) is 16.9 Å². The van der Waals surface area contributed by atoms with Gasteiger partial charge in [-0.25, -0.2) is 4.79 Å². The maximum atomic E-state index is 13.1. The third kappa shape index (κ3) is 1.69. The number of alkyl halides is 2. The molecule has 0 unspecified atom stereocenters. The first-order valence-electron chi connectivity index (χ1n) is 6.72. The topological polar surface area (TPSA) is 66.5 Å². The second-order valence-corrected chi connectivity index (χ2v) is 5.29. The summed E-state index contributed by atoms with van der Waals surface area (Å²) in [5.74, 6) is -0.0904. The van der Waals surface area contributed by atoms with Crippen molar-refractivity contribution in [3.63, 3.8) is 0 Å². The fourth-order valence-corrected chi connectivity index (χ4v) is 3.24. The summed E-state index contributed by atoms with van der Waals surface area (Å²) in [7, 11) is 0. The summed E-state index contributed by atoms with van der Waals surface area (Å²) in [6.07, 6.45) is -0.159. The predicted molar refractivity (Wildman–Crippen MR) is 69.8 cm³/mol. The molecule has 1 aliphatic carbocycles. The lowest BCUT2D eigenvalue weighted by atomic mass is 9.95. The van der Waals surface area contributed by atoms with Crippen molar-refractivity contribution in [2.45, 2.75) is 32.0 Å². The normalized spacial score (nSPS) is 18.8. The molecule has 2 aliphatic rings. The Labute approximate surface area is 118 Å². The van der Waals surface area contributed by atoms with Gasteiger partial charge in [0.2, 0.25) is 0 Å². The van der Waals surface area contributed by atoms with E-state index in [9.17, 15) is 13.6 Å². The molecule has 0 bridgehead atoms. The molecule has 2 aromatic rings. The van der Waals surface area contributed by atoms with Crippen LogP contribution in [0.15, 0.2) is 12.1 Å². The molecule has 110 valence electrons. The zero-order chi connectivity index (χ0) is 14.8. The summed E-state index contributed by atoms with van der Waals surface area (Å²) in [6.45, 7) is 0. The van der Waals surface area contributed by atoms with Crippen molar-refractivity contribution >= 4 is 16.9 Å². The summed E-state index contributed by atoms with van der Waals surface area (Å²) in [5, 5.41) is 0.726. The summed E-state index contributed by atoms with van der Waals surface area (Å²) < 4.78 is 36.6. The first kappa shape index (κ1) is 12.4. The molecule has 5 nitrogen and oxygen atoms in total. The largest absolute Gasteiger partial charge is 0.586 e. The fourth-order valence-electron chi connectivity index (χ4n) is 3.24. The molecule has 21 heavy (non-hydrogen) atoms. The van der Waals surface area contributed by atoms with E-state index in [2.05, 4.69) is 9.47 Å². The number of carbonyl (C=O) groups is 1. The van der Waals surface area contributed by atoms with Crippen molar-refractivity contribution in [3.05, 3.63) is 23.4 Å². The van der Waals surface area contributed by atoms with Crippen LogP contribution in [0.4, 0.5) is 13.6 Å². The van der Waals surface area contributed by atoms with Gasteiger partial charge in [0.05, 0.1) is 5.52 Å². The Kier molecular flexibility index (Phi) is 2.29. The standard InChI is InChI=1S/C14H12F2N2O3/c15-14(16)20-11-5-8-7-3-1-2-4-9(7)18(13(17)19)10(8)6-12(11)21-14/h5-6H,1-4H2,(H2,17,19). The van der Waals surface area contributed by atoms with Crippen LogP contribution in [0.1, 0.15) is 24.1 Å². The van der Waals surface area contributed by atoms with Crippen molar-refractivity contribution in [1.29, 1.82) is 0 Å². The highest BCUT2D eigenvalue weighted by Gasteiger charge is 2.44. The number of rotatable bonds is 0.